The fraction of sp³-hybridized carbons (Fsp3) is 0.933. The van der Waals surface area contributed by atoms with Gasteiger partial charge in [0.05, 0.1) is 4.08 Å². The van der Waals surface area contributed by atoms with E-state index in [0.29, 0.717) is 14.9 Å². The highest BCUT2D eigenvalue weighted by Crippen LogP contribution is 2.69. The molecule has 1 aliphatic heterocycles. The van der Waals surface area contributed by atoms with E-state index in [1.165, 1.54) is 88.6 Å². The van der Waals surface area contributed by atoms with Crippen molar-refractivity contribution >= 4 is 23.5 Å². The first-order valence-electron chi connectivity index (χ1n) is 14.2. The minimum absolute atomic E-state index is 0.523. The molecule has 5 rings (SSSR count). The van der Waals surface area contributed by atoms with Crippen molar-refractivity contribution in [1.29, 1.82) is 0 Å². The number of rotatable bonds is 5. The van der Waals surface area contributed by atoms with Gasteiger partial charge in [-0.15, -0.1) is 23.5 Å². The minimum atomic E-state index is 0.523. The van der Waals surface area contributed by atoms with E-state index in [1.807, 2.05) is 5.57 Å². The summed E-state index contributed by atoms with van der Waals surface area (Å²) in [6, 6.07) is 0. The molecule has 0 bridgehead atoms. The molecule has 0 radical (unpaired) electrons. The Morgan fingerprint density at radius 1 is 0.938 bits per heavy atom. The maximum absolute atomic E-state index is 2.81. The van der Waals surface area contributed by atoms with Crippen LogP contribution in [0.2, 0.25) is 0 Å². The maximum atomic E-state index is 2.81. The number of hydrogen-bond donors (Lipinski definition) is 0. The molecule has 4 fully saturated rings. The highest BCUT2D eigenvalue weighted by molar-refractivity contribution is 8.18. The van der Waals surface area contributed by atoms with E-state index in [9.17, 15) is 0 Å². The standard InChI is InChI=1S/C30H50S2/c1-21(2)8-6-9-22(3)25-12-13-26-24-11-10-23-20-30(31-18-7-19-32-30)17-16-28(23,4)27(24)14-15-29(25,26)5/h10,21-22,24-27H,6-9,11-20H2,1-5H3/t22-,24+,25-,26+,27+,28+,29-/m1/s1. The SMILES string of the molecule is CC(C)CCC[C@@H](C)[C@H]1CC[C@H]2[C@@H]3CC=C4CC5(CC[C@]4(C)[C@H]3CC[C@]12C)SCCCS5. The van der Waals surface area contributed by atoms with Crippen LogP contribution in [-0.4, -0.2) is 15.6 Å². The van der Waals surface area contributed by atoms with Gasteiger partial charge in [-0.2, -0.15) is 0 Å². The number of fused-ring (bicyclic) bond motifs is 5. The maximum Gasteiger partial charge on any atom is 0.0648 e. The molecule has 0 nitrogen and oxygen atoms in total. The van der Waals surface area contributed by atoms with Crippen LogP contribution in [0.3, 0.4) is 0 Å². The predicted octanol–water partition coefficient (Wildman–Crippen LogP) is 9.59. The van der Waals surface area contributed by atoms with Crippen molar-refractivity contribution in [2.75, 3.05) is 11.5 Å². The van der Waals surface area contributed by atoms with Crippen LogP contribution in [0.25, 0.3) is 0 Å². The van der Waals surface area contributed by atoms with Crippen LogP contribution in [0, 0.1) is 46.3 Å². The second kappa shape index (κ2) is 9.15. The van der Waals surface area contributed by atoms with Crippen LogP contribution in [0.1, 0.15) is 112 Å². The van der Waals surface area contributed by atoms with E-state index in [4.69, 9.17) is 0 Å². The average Bonchev–Trinajstić information content (AvgIpc) is 3.12. The summed E-state index contributed by atoms with van der Waals surface area (Å²) in [6.07, 6.45) is 20.4. The van der Waals surface area contributed by atoms with Gasteiger partial charge in [0.25, 0.3) is 0 Å². The van der Waals surface area contributed by atoms with E-state index < -0.39 is 0 Å². The molecule has 32 heavy (non-hydrogen) atoms. The lowest BCUT2D eigenvalue weighted by molar-refractivity contribution is -0.0502. The van der Waals surface area contributed by atoms with Gasteiger partial charge in [0.2, 0.25) is 0 Å². The van der Waals surface area contributed by atoms with Crippen molar-refractivity contribution in [2.45, 2.75) is 116 Å². The lowest BCUT2D eigenvalue weighted by atomic mass is 9.47. The lowest BCUT2D eigenvalue weighted by Crippen LogP contribution is -2.51. The second-order valence-corrected chi connectivity index (χ2v) is 16.6. The quantitative estimate of drug-likeness (QED) is 0.364. The number of hydrogen-bond acceptors (Lipinski definition) is 2. The predicted molar refractivity (Wildman–Crippen MR) is 145 cm³/mol. The molecule has 1 saturated heterocycles. The van der Waals surface area contributed by atoms with Crippen LogP contribution >= 0.6 is 23.5 Å². The minimum Gasteiger partial charge on any atom is -0.144 e. The van der Waals surface area contributed by atoms with Crippen LogP contribution in [0.5, 0.6) is 0 Å². The molecule has 0 N–H and O–H groups in total. The van der Waals surface area contributed by atoms with Crippen LogP contribution in [0.15, 0.2) is 11.6 Å². The van der Waals surface area contributed by atoms with Crippen molar-refractivity contribution in [3.63, 3.8) is 0 Å². The highest BCUT2D eigenvalue weighted by Gasteiger charge is 2.60. The van der Waals surface area contributed by atoms with E-state index in [1.54, 1.807) is 0 Å². The van der Waals surface area contributed by atoms with Gasteiger partial charge in [-0.25, -0.2) is 0 Å². The van der Waals surface area contributed by atoms with Crippen LogP contribution in [-0.2, 0) is 0 Å². The zero-order valence-corrected chi connectivity index (χ0v) is 23.4. The zero-order valence-electron chi connectivity index (χ0n) is 21.8. The van der Waals surface area contributed by atoms with Crippen LogP contribution in [0.4, 0.5) is 0 Å². The summed E-state index contributed by atoms with van der Waals surface area (Å²) in [5.74, 6) is 8.56. The molecule has 1 heterocycles. The first-order chi connectivity index (χ1) is 15.3. The molecule has 0 aromatic carbocycles. The third-order valence-electron chi connectivity index (χ3n) is 11.3. The van der Waals surface area contributed by atoms with Gasteiger partial charge in [0.15, 0.2) is 0 Å². The van der Waals surface area contributed by atoms with Gasteiger partial charge >= 0.3 is 0 Å². The topological polar surface area (TPSA) is 0 Å². The summed E-state index contributed by atoms with van der Waals surface area (Å²) >= 11 is 4.64. The van der Waals surface area contributed by atoms with Crippen LogP contribution < -0.4 is 0 Å². The smallest absolute Gasteiger partial charge is 0.0648 e. The molecular formula is C30H50S2. The molecule has 3 saturated carbocycles. The van der Waals surface area contributed by atoms with Crippen molar-refractivity contribution in [2.24, 2.45) is 46.3 Å². The molecule has 2 heteroatoms. The van der Waals surface area contributed by atoms with E-state index in [-0.39, 0.29) is 0 Å². The van der Waals surface area contributed by atoms with E-state index in [0.717, 1.165) is 35.5 Å². The Labute approximate surface area is 208 Å². The number of thioether (sulfide) groups is 2. The molecule has 4 aliphatic carbocycles. The summed E-state index contributed by atoms with van der Waals surface area (Å²) < 4.78 is 0.545. The van der Waals surface area contributed by atoms with Gasteiger partial charge in [0.1, 0.15) is 0 Å². The molecule has 0 unspecified atom stereocenters. The Kier molecular flexibility index (Phi) is 6.90. The summed E-state index contributed by atoms with van der Waals surface area (Å²) in [5.41, 5.74) is 3.05. The van der Waals surface area contributed by atoms with Gasteiger partial charge in [-0.3, -0.25) is 0 Å². The third-order valence-corrected chi connectivity index (χ3v) is 14.8. The second-order valence-electron chi connectivity index (χ2n) is 13.4. The largest absolute Gasteiger partial charge is 0.144 e. The van der Waals surface area contributed by atoms with Crippen molar-refractivity contribution in [1.82, 2.24) is 0 Å². The van der Waals surface area contributed by atoms with Crippen molar-refractivity contribution in [3.05, 3.63) is 11.6 Å². The Morgan fingerprint density at radius 2 is 1.72 bits per heavy atom. The van der Waals surface area contributed by atoms with Gasteiger partial charge < -0.3 is 0 Å². The summed E-state index contributed by atoms with van der Waals surface area (Å²) in [4.78, 5) is 0. The monoisotopic (exact) mass is 474 g/mol. The lowest BCUT2D eigenvalue weighted by Gasteiger charge is -2.60. The Balaban J connectivity index is 1.31. The normalized spacial score (nSPS) is 44.0. The van der Waals surface area contributed by atoms with Crippen molar-refractivity contribution < 1.29 is 0 Å². The van der Waals surface area contributed by atoms with E-state index >= 15 is 0 Å². The average molecular weight is 475 g/mol. The third kappa shape index (κ3) is 4.08. The highest BCUT2D eigenvalue weighted by atomic mass is 32.2. The molecule has 0 aromatic rings. The molecule has 0 aromatic heterocycles. The van der Waals surface area contributed by atoms with Gasteiger partial charge in [-0.05, 0) is 116 Å². The fourth-order valence-corrected chi connectivity index (χ4v) is 12.8. The van der Waals surface area contributed by atoms with E-state index in [2.05, 4.69) is 64.2 Å². The Morgan fingerprint density at radius 3 is 2.47 bits per heavy atom. The summed E-state index contributed by atoms with van der Waals surface area (Å²) in [5, 5.41) is 0. The van der Waals surface area contributed by atoms with Gasteiger partial charge in [0, 0.05) is 0 Å². The van der Waals surface area contributed by atoms with Crippen molar-refractivity contribution in [3.8, 4) is 0 Å². The first-order valence-corrected chi connectivity index (χ1v) is 16.2. The fourth-order valence-electron chi connectivity index (χ4n) is 9.49. The van der Waals surface area contributed by atoms with Gasteiger partial charge in [-0.1, -0.05) is 65.5 Å². The molecular weight excluding hydrogens is 424 g/mol. The molecule has 0 amide bonds. The molecule has 7 atom stereocenters. The number of allylic oxidation sites excluding steroid dienone is 2. The summed E-state index contributed by atoms with van der Waals surface area (Å²) in [7, 11) is 0. The molecule has 1 spiro atoms. The Bertz CT molecular complexity index is 704. The zero-order chi connectivity index (χ0) is 22.6. The molecule has 5 aliphatic rings. The molecule has 182 valence electrons. The first kappa shape index (κ1) is 24.1. The summed E-state index contributed by atoms with van der Waals surface area (Å²) in [6.45, 7) is 12.9. The Hall–Kier alpha value is 0.440.